The number of furan rings is 1. The van der Waals surface area contributed by atoms with Gasteiger partial charge in [-0.05, 0) is 118 Å². The number of rotatable bonds is 2. The van der Waals surface area contributed by atoms with Crippen LogP contribution in [0.25, 0.3) is 98.4 Å². The lowest BCUT2D eigenvalue weighted by molar-refractivity contribution is 0.661. The summed E-state index contributed by atoms with van der Waals surface area (Å²) >= 11 is 0. The Morgan fingerprint density at radius 2 is 0.900 bits per heavy atom. The van der Waals surface area contributed by atoms with E-state index in [0.717, 1.165) is 21.9 Å². The zero-order valence-corrected chi connectivity index (χ0v) is 27.9. The van der Waals surface area contributed by atoms with Crippen LogP contribution in [0, 0.1) is 0 Å². The van der Waals surface area contributed by atoms with Crippen molar-refractivity contribution in [2.45, 2.75) is 19.3 Å². The van der Waals surface area contributed by atoms with Gasteiger partial charge >= 0.3 is 0 Å². The van der Waals surface area contributed by atoms with Gasteiger partial charge in [0.2, 0.25) is 0 Å². The van der Waals surface area contributed by atoms with Gasteiger partial charge in [-0.15, -0.1) is 0 Å². The lowest BCUT2D eigenvalue weighted by atomic mass is 9.79. The standard InChI is InChI=1S/C49H32O/c1-49(2)42-22-12-11-21-38(42)48-33-16-6-5-15-32(33)41(28-43(48)49)47-36-19-9-7-17-34(36)46(35-18-8-10-20-37(35)47)31-23-24-44-39(26-31)40-25-29-13-3-4-14-30(29)27-45(40)50-44/h3-28H,1-2H3. The molecule has 1 heteroatoms. The molecule has 10 aromatic rings. The lowest BCUT2D eigenvalue weighted by Crippen LogP contribution is -2.15. The Balaban J connectivity index is 1.23. The molecule has 0 fully saturated rings. The zero-order valence-electron chi connectivity index (χ0n) is 27.9. The summed E-state index contributed by atoms with van der Waals surface area (Å²) in [7, 11) is 0. The highest BCUT2D eigenvalue weighted by molar-refractivity contribution is 6.25. The van der Waals surface area contributed by atoms with Gasteiger partial charge in [-0.3, -0.25) is 0 Å². The molecule has 1 heterocycles. The molecule has 1 aliphatic rings. The molecular weight excluding hydrogens is 605 g/mol. The van der Waals surface area contributed by atoms with Crippen molar-refractivity contribution < 1.29 is 4.42 Å². The van der Waals surface area contributed by atoms with E-state index in [4.69, 9.17) is 4.42 Å². The van der Waals surface area contributed by atoms with Crippen molar-refractivity contribution in [1.82, 2.24) is 0 Å². The molecule has 0 amide bonds. The molecule has 50 heavy (non-hydrogen) atoms. The first kappa shape index (κ1) is 27.7. The fourth-order valence-electron chi connectivity index (χ4n) is 9.10. The summed E-state index contributed by atoms with van der Waals surface area (Å²) in [5, 5.41) is 12.4. The minimum absolute atomic E-state index is 0.107. The van der Waals surface area contributed by atoms with E-state index in [0.29, 0.717) is 0 Å². The lowest BCUT2D eigenvalue weighted by Gasteiger charge is -2.24. The van der Waals surface area contributed by atoms with Crippen LogP contribution in [0.5, 0.6) is 0 Å². The van der Waals surface area contributed by atoms with Gasteiger partial charge in [-0.1, -0.05) is 141 Å². The smallest absolute Gasteiger partial charge is 0.136 e. The Labute approximate surface area is 290 Å². The highest BCUT2D eigenvalue weighted by Gasteiger charge is 2.37. The summed E-state index contributed by atoms with van der Waals surface area (Å²) in [6.45, 7) is 4.77. The topological polar surface area (TPSA) is 13.1 Å². The van der Waals surface area contributed by atoms with E-state index in [1.165, 1.54) is 87.6 Å². The molecule has 0 radical (unpaired) electrons. The monoisotopic (exact) mass is 636 g/mol. The van der Waals surface area contributed by atoms with Crippen LogP contribution in [0.15, 0.2) is 162 Å². The van der Waals surface area contributed by atoms with E-state index in [2.05, 4.69) is 172 Å². The summed E-state index contributed by atoms with van der Waals surface area (Å²) in [5.41, 5.74) is 12.3. The molecule has 0 atom stereocenters. The summed E-state index contributed by atoms with van der Waals surface area (Å²) in [6, 6.07) is 58.2. The fourth-order valence-corrected chi connectivity index (χ4v) is 9.10. The average Bonchev–Trinajstić information content (AvgIpc) is 3.63. The molecule has 0 aliphatic heterocycles. The van der Waals surface area contributed by atoms with E-state index in [1.54, 1.807) is 0 Å². The quantitative estimate of drug-likeness (QED) is 0.172. The highest BCUT2D eigenvalue weighted by Crippen LogP contribution is 2.54. The third-order valence-electron chi connectivity index (χ3n) is 11.4. The minimum atomic E-state index is -0.107. The van der Waals surface area contributed by atoms with Crippen molar-refractivity contribution in [2.24, 2.45) is 0 Å². The van der Waals surface area contributed by atoms with Crippen LogP contribution in [-0.4, -0.2) is 0 Å². The van der Waals surface area contributed by atoms with Crippen LogP contribution in [-0.2, 0) is 5.41 Å². The molecule has 0 N–H and O–H groups in total. The Morgan fingerprint density at radius 3 is 1.60 bits per heavy atom. The van der Waals surface area contributed by atoms with Crippen LogP contribution in [0.4, 0.5) is 0 Å². The number of hydrogen-bond acceptors (Lipinski definition) is 1. The van der Waals surface area contributed by atoms with Crippen LogP contribution >= 0.6 is 0 Å². The molecule has 0 spiro atoms. The van der Waals surface area contributed by atoms with E-state index in [9.17, 15) is 0 Å². The molecule has 0 bridgehead atoms. The minimum Gasteiger partial charge on any atom is -0.456 e. The van der Waals surface area contributed by atoms with Gasteiger partial charge < -0.3 is 4.42 Å². The highest BCUT2D eigenvalue weighted by atomic mass is 16.3. The zero-order chi connectivity index (χ0) is 33.1. The first-order chi connectivity index (χ1) is 24.6. The Kier molecular flexibility index (Phi) is 5.51. The second-order valence-corrected chi connectivity index (χ2v) is 14.4. The van der Waals surface area contributed by atoms with Gasteiger partial charge in [0.15, 0.2) is 0 Å². The number of fused-ring (bicyclic) bond motifs is 11. The Hall–Kier alpha value is -6.18. The maximum Gasteiger partial charge on any atom is 0.136 e. The van der Waals surface area contributed by atoms with Gasteiger partial charge in [0.05, 0.1) is 0 Å². The second kappa shape index (κ2) is 9.94. The molecule has 1 aliphatic carbocycles. The maximum atomic E-state index is 6.42. The maximum absolute atomic E-state index is 6.42. The molecular formula is C49H32O. The SMILES string of the molecule is CC1(C)c2ccccc2-c2c1cc(-c1c3ccccc3c(-c3ccc4oc5cc6ccccc6cc5c4c3)c3ccccc13)c1ccccc21. The van der Waals surface area contributed by atoms with Crippen molar-refractivity contribution in [3.63, 3.8) is 0 Å². The van der Waals surface area contributed by atoms with Gasteiger partial charge in [0.25, 0.3) is 0 Å². The van der Waals surface area contributed by atoms with Gasteiger partial charge in [-0.25, -0.2) is 0 Å². The molecule has 1 aromatic heterocycles. The molecule has 234 valence electrons. The van der Waals surface area contributed by atoms with Crippen molar-refractivity contribution >= 4 is 65.0 Å². The first-order valence-electron chi connectivity index (χ1n) is 17.5. The molecule has 0 saturated heterocycles. The average molecular weight is 637 g/mol. The number of benzene rings is 9. The number of hydrogen-bond donors (Lipinski definition) is 0. The molecule has 0 unspecified atom stereocenters. The van der Waals surface area contributed by atoms with Gasteiger partial charge in [0.1, 0.15) is 11.2 Å². The molecule has 0 saturated carbocycles. The summed E-state index contributed by atoms with van der Waals surface area (Å²) < 4.78 is 6.42. The van der Waals surface area contributed by atoms with Crippen LogP contribution in [0.3, 0.4) is 0 Å². The van der Waals surface area contributed by atoms with Crippen molar-refractivity contribution in [2.75, 3.05) is 0 Å². The Bertz CT molecular complexity index is 3010. The van der Waals surface area contributed by atoms with E-state index in [-0.39, 0.29) is 5.41 Å². The van der Waals surface area contributed by atoms with Crippen molar-refractivity contribution in [3.8, 4) is 33.4 Å². The predicted octanol–water partition coefficient (Wildman–Crippen LogP) is 13.8. The van der Waals surface area contributed by atoms with Crippen molar-refractivity contribution in [3.05, 3.63) is 169 Å². The second-order valence-electron chi connectivity index (χ2n) is 14.4. The van der Waals surface area contributed by atoms with Crippen LogP contribution in [0.2, 0.25) is 0 Å². The largest absolute Gasteiger partial charge is 0.456 e. The first-order valence-corrected chi connectivity index (χ1v) is 17.5. The third kappa shape index (κ3) is 3.67. The summed E-state index contributed by atoms with van der Waals surface area (Å²) in [5.74, 6) is 0. The third-order valence-corrected chi connectivity index (χ3v) is 11.4. The van der Waals surface area contributed by atoms with E-state index < -0.39 is 0 Å². The van der Waals surface area contributed by atoms with Crippen LogP contribution in [0.1, 0.15) is 25.0 Å². The molecule has 11 rings (SSSR count). The van der Waals surface area contributed by atoms with E-state index in [1.807, 2.05) is 0 Å². The van der Waals surface area contributed by atoms with Crippen molar-refractivity contribution in [1.29, 1.82) is 0 Å². The molecule has 1 nitrogen and oxygen atoms in total. The van der Waals surface area contributed by atoms with Gasteiger partial charge in [0, 0.05) is 16.2 Å². The van der Waals surface area contributed by atoms with Gasteiger partial charge in [-0.2, -0.15) is 0 Å². The fraction of sp³-hybridized carbons (Fsp3) is 0.0612. The summed E-state index contributed by atoms with van der Waals surface area (Å²) in [4.78, 5) is 0. The normalized spacial score (nSPS) is 13.6. The van der Waals surface area contributed by atoms with E-state index >= 15 is 0 Å². The Morgan fingerprint density at radius 1 is 0.360 bits per heavy atom. The van der Waals surface area contributed by atoms with Crippen LogP contribution < -0.4 is 0 Å². The molecule has 9 aromatic carbocycles. The summed E-state index contributed by atoms with van der Waals surface area (Å²) in [6.07, 6.45) is 0. The predicted molar refractivity (Wildman–Crippen MR) is 212 cm³/mol.